The van der Waals surface area contributed by atoms with Gasteiger partial charge in [-0.15, -0.1) is 0 Å². The van der Waals surface area contributed by atoms with Crippen molar-refractivity contribution < 1.29 is 9.59 Å². The Morgan fingerprint density at radius 1 is 1.38 bits per heavy atom. The number of Topliss-reactive ketones (excluding diaryl/α,β-unsaturated/α-hetero) is 1. The van der Waals surface area contributed by atoms with Crippen molar-refractivity contribution in [1.29, 1.82) is 0 Å². The minimum Gasteiger partial charge on any atom is -0.354 e. The zero-order chi connectivity index (χ0) is 15.6. The van der Waals surface area contributed by atoms with Crippen LogP contribution >= 0.6 is 0 Å². The normalized spacial score (nSPS) is 18.9. The van der Waals surface area contributed by atoms with Crippen LogP contribution in [0.5, 0.6) is 0 Å². The van der Waals surface area contributed by atoms with Crippen LogP contribution in [0, 0.1) is 19.8 Å². The predicted octanol–water partition coefficient (Wildman–Crippen LogP) is 1.91. The van der Waals surface area contributed by atoms with Crippen LogP contribution in [0.3, 0.4) is 0 Å². The van der Waals surface area contributed by atoms with Gasteiger partial charge in [0, 0.05) is 24.3 Å². The smallest absolute Gasteiger partial charge is 0.270 e. The number of carbonyl (C=O) groups excluding carboxylic acids is 2. The van der Waals surface area contributed by atoms with E-state index in [1.54, 1.807) is 6.92 Å². The molecule has 1 aliphatic heterocycles. The van der Waals surface area contributed by atoms with Gasteiger partial charge in [0.05, 0.1) is 0 Å². The molecule has 0 aliphatic carbocycles. The molecule has 1 aromatic heterocycles. The van der Waals surface area contributed by atoms with E-state index in [0.29, 0.717) is 17.2 Å². The van der Waals surface area contributed by atoms with Crippen LogP contribution in [0.15, 0.2) is 0 Å². The predicted molar refractivity (Wildman–Crippen MR) is 82.8 cm³/mol. The van der Waals surface area contributed by atoms with E-state index in [2.05, 4.69) is 10.3 Å². The maximum absolute atomic E-state index is 12.7. The lowest BCUT2D eigenvalue weighted by Gasteiger charge is -2.32. The van der Waals surface area contributed by atoms with Crippen molar-refractivity contribution in [2.75, 3.05) is 26.7 Å². The van der Waals surface area contributed by atoms with Gasteiger partial charge in [0.25, 0.3) is 5.91 Å². The van der Waals surface area contributed by atoms with E-state index in [0.717, 1.165) is 43.7 Å². The highest BCUT2D eigenvalue weighted by atomic mass is 16.2. The SMILES string of the molecule is CNCC1CCCN(C(=O)c2[nH]c(C)c(C(C)=O)c2C)C1. The Labute approximate surface area is 126 Å². The zero-order valence-electron chi connectivity index (χ0n) is 13.4. The largest absolute Gasteiger partial charge is 0.354 e. The van der Waals surface area contributed by atoms with E-state index < -0.39 is 0 Å². The van der Waals surface area contributed by atoms with Gasteiger partial charge in [-0.25, -0.2) is 0 Å². The number of nitrogens with one attached hydrogen (secondary N) is 2. The second kappa shape index (κ2) is 6.43. The zero-order valence-corrected chi connectivity index (χ0v) is 13.4. The number of hydrogen-bond acceptors (Lipinski definition) is 3. The molecular weight excluding hydrogens is 266 g/mol. The van der Waals surface area contributed by atoms with E-state index in [1.165, 1.54) is 0 Å². The van der Waals surface area contributed by atoms with Crippen molar-refractivity contribution in [2.24, 2.45) is 5.92 Å². The van der Waals surface area contributed by atoms with Gasteiger partial charge in [-0.3, -0.25) is 9.59 Å². The number of nitrogens with zero attached hydrogens (tertiary/aromatic N) is 1. The Balaban J connectivity index is 2.20. The fourth-order valence-electron chi connectivity index (χ4n) is 3.35. The van der Waals surface area contributed by atoms with Crippen molar-refractivity contribution in [3.05, 3.63) is 22.5 Å². The van der Waals surface area contributed by atoms with Crippen molar-refractivity contribution in [3.8, 4) is 0 Å². The second-order valence-corrected chi connectivity index (χ2v) is 6.00. The topological polar surface area (TPSA) is 65.2 Å². The van der Waals surface area contributed by atoms with E-state index >= 15 is 0 Å². The number of aromatic amines is 1. The van der Waals surface area contributed by atoms with Crippen molar-refractivity contribution in [1.82, 2.24) is 15.2 Å². The summed E-state index contributed by atoms with van der Waals surface area (Å²) < 4.78 is 0. The van der Waals surface area contributed by atoms with Crippen molar-refractivity contribution >= 4 is 11.7 Å². The molecule has 2 rings (SSSR count). The molecule has 0 radical (unpaired) electrons. The second-order valence-electron chi connectivity index (χ2n) is 6.00. The maximum atomic E-state index is 12.7. The lowest BCUT2D eigenvalue weighted by Crippen LogP contribution is -2.42. The Hall–Kier alpha value is -1.62. The Kier molecular flexibility index (Phi) is 4.83. The molecule has 116 valence electrons. The summed E-state index contributed by atoms with van der Waals surface area (Å²) in [5.74, 6) is 0.534. The first kappa shape index (κ1) is 15.8. The Bertz CT molecular complexity index is 546. The monoisotopic (exact) mass is 291 g/mol. The van der Waals surface area contributed by atoms with Gasteiger partial charge in [-0.1, -0.05) is 0 Å². The first-order chi connectivity index (χ1) is 9.95. The van der Waals surface area contributed by atoms with Gasteiger partial charge >= 0.3 is 0 Å². The number of carbonyl (C=O) groups is 2. The standard InChI is InChI=1S/C16H25N3O2/c1-10-14(12(3)20)11(2)18-15(10)16(21)19-7-5-6-13(9-19)8-17-4/h13,17-18H,5-9H2,1-4H3. The number of piperidine rings is 1. The van der Waals surface area contributed by atoms with Crippen molar-refractivity contribution in [2.45, 2.75) is 33.6 Å². The van der Waals surface area contributed by atoms with Crippen LogP contribution in [0.25, 0.3) is 0 Å². The molecule has 5 nitrogen and oxygen atoms in total. The molecular formula is C16H25N3O2. The molecule has 5 heteroatoms. The van der Waals surface area contributed by atoms with Gasteiger partial charge in [-0.2, -0.15) is 0 Å². The number of rotatable bonds is 4. The molecule has 2 N–H and O–H groups in total. The highest BCUT2D eigenvalue weighted by Gasteiger charge is 2.27. The van der Waals surface area contributed by atoms with Crippen LogP contribution in [-0.2, 0) is 0 Å². The lowest BCUT2D eigenvalue weighted by atomic mass is 9.97. The minimum atomic E-state index is 0.00648. The number of likely N-dealkylation sites (tertiary alicyclic amines) is 1. The van der Waals surface area contributed by atoms with Gasteiger partial charge in [0.1, 0.15) is 5.69 Å². The fraction of sp³-hybridized carbons (Fsp3) is 0.625. The number of amides is 1. The number of hydrogen-bond donors (Lipinski definition) is 2. The summed E-state index contributed by atoms with van der Waals surface area (Å²) in [5.41, 5.74) is 2.79. The molecule has 1 aliphatic rings. The molecule has 21 heavy (non-hydrogen) atoms. The summed E-state index contributed by atoms with van der Waals surface area (Å²) >= 11 is 0. The molecule has 0 spiro atoms. The summed E-state index contributed by atoms with van der Waals surface area (Å²) in [6.07, 6.45) is 2.20. The van der Waals surface area contributed by atoms with Gasteiger partial charge in [0.2, 0.25) is 0 Å². The number of aryl methyl sites for hydroxylation is 1. The van der Waals surface area contributed by atoms with E-state index in [-0.39, 0.29) is 11.7 Å². The highest BCUT2D eigenvalue weighted by molar-refractivity contribution is 6.02. The molecule has 2 heterocycles. The van der Waals surface area contributed by atoms with E-state index in [4.69, 9.17) is 0 Å². The first-order valence-electron chi connectivity index (χ1n) is 7.59. The van der Waals surface area contributed by atoms with Gasteiger partial charge < -0.3 is 15.2 Å². The Morgan fingerprint density at radius 3 is 2.67 bits per heavy atom. The third-order valence-corrected chi connectivity index (χ3v) is 4.30. The Morgan fingerprint density at radius 2 is 2.10 bits per heavy atom. The van der Waals surface area contributed by atoms with E-state index in [1.807, 2.05) is 25.8 Å². The van der Waals surface area contributed by atoms with Crippen LogP contribution in [-0.4, -0.2) is 48.3 Å². The van der Waals surface area contributed by atoms with E-state index in [9.17, 15) is 9.59 Å². The van der Waals surface area contributed by atoms with Crippen LogP contribution in [0.1, 0.15) is 51.9 Å². The minimum absolute atomic E-state index is 0.00648. The number of ketones is 1. The van der Waals surface area contributed by atoms with Crippen molar-refractivity contribution in [3.63, 3.8) is 0 Å². The summed E-state index contributed by atoms with van der Waals surface area (Å²) in [4.78, 5) is 29.4. The van der Waals surface area contributed by atoms with Gasteiger partial charge in [0.15, 0.2) is 5.78 Å². The van der Waals surface area contributed by atoms with Crippen LogP contribution < -0.4 is 5.32 Å². The fourth-order valence-corrected chi connectivity index (χ4v) is 3.35. The molecule has 1 atom stereocenters. The maximum Gasteiger partial charge on any atom is 0.270 e. The summed E-state index contributed by atoms with van der Waals surface area (Å²) in [6.45, 7) is 7.76. The highest BCUT2D eigenvalue weighted by Crippen LogP contribution is 2.23. The molecule has 0 saturated carbocycles. The molecule has 1 aromatic rings. The number of H-pyrrole nitrogens is 1. The van der Waals surface area contributed by atoms with Gasteiger partial charge in [-0.05, 0) is 58.7 Å². The summed E-state index contributed by atoms with van der Waals surface area (Å²) in [5, 5.41) is 3.19. The quantitative estimate of drug-likeness (QED) is 0.833. The third-order valence-electron chi connectivity index (χ3n) is 4.30. The average Bonchev–Trinajstić information content (AvgIpc) is 2.74. The number of aromatic nitrogens is 1. The molecule has 0 aromatic carbocycles. The lowest BCUT2D eigenvalue weighted by molar-refractivity contribution is 0.0668. The summed E-state index contributed by atoms with van der Waals surface area (Å²) in [7, 11) is 1.94. The third kappa shape index (κ3) is 3.18. The van der Waals surface area contributed by atoms with Crippen LogP contribution in [0.2, 0.25) is 0 Å². The average molecular weight is 291 g/mol. The molecule has 1 saturated heterocycles. The summed E-state index contributed by atoms with van der Waals surface area (Å²) in [6, 6.07) is 0. The molecule has 1 amide bonds. The molecule has 0 bridgehead atoms. The molecule has 1 fully saturated rings. The molecule has 1 unspecified atom stereocenters. The van der Waals surface area contributed by atoms with Crippen LogP contribution in [0.4, 0.5) is 0 Å². The first-order valence-corrected chi connectivity index (χ1v) is 7.59.